The number of esters is 1. The molecule has 0 amide bonds. The van der Waals surface area contributed by atoms with Gasteiger partial charge in [0.1, 0.15) is 6.10 Å². The highest BCUT2D eigenvalue weighted by Gasteiger charge is 2.24. The van der Waals surface area contributed by atoms with E-state index in [4.69, 9.17) is 15.2 Å². The Morgan fingerprint density at radius 3 is 2.75 bits per heavy atom. The Bertz CT molecular complexity index is 220. The van der Waals surface area contributed by atoms with Gasteiger partial charge in [0, 0.05) is 20.0 Å². The molecule has 3 unspecified atom stereocenters. The zero-order valence-electron chi connectivity index (χ0n) is 10.3. The highest BCUT2D eigenvalue weighted by molar-refractivity contribution is 5.69. The van der Waals surface area contributed by atoms with Gasteiger partial charge in [0.15, 0.2) is 0 Å². The molecule has 94 valence electrons. The molecule has 2 N–H and O–H groups in total. The van der Waals surface area contributed by atoms with Gasteiger partial charge in [-0.2, -0.15) is 0 Å². The van der Waals surface area contributed by atoms with Gasteiger partial charge in [0.25, 0.3) is 0 Å². The maximum atomic E-state index is 11.6. The van der Waals surface area contributed by atoms with E-state index in [0.717, 1.165) is 25.7 Å². The van der Waals surface area contributed by atoms with Crippen molar-refractivity contribution in [3.63, 3.8) is 0 Å². The number of rotatable bonds is 5. The molecule has 1 aliphatic carbocycles. The molecule has 0 heterocycles. The average Bonchev–Trinajstić information content (AvgIpc) is 2.28. The van der Waals surface area contributed by atoms with Gasteiger partial charge in [-0.1, -0.05) is 6.92 Å². The summed E-state index contributed by atoms with van der Waals surface area (Å²) in [6.45, 7) is 2.49. The number of carbonyl (C=O) groups is 1. The van der Waals surface area contributed by atoms with E-state index in [2.05, 4.69) is 0 Å². The van der Waals surface area contributed by atoms with Crippen molar-refractivity contribution in [2.24, 2.45) is 11.7 Å². The zero-order valence-corrected chi connectivity index (χ0v) is 10.3. The second kappa shape index (κ2) is 6.86. The molecule has 1 saturated carbocycles. The van der Waals surface area contributed by atoms with E-state index in [9.17, 15) is 4.79 Å². The summed E-state index contributed by atoms with van der Waals surface area (Å²) in [4.78, 5) is 11.6. The summed E-state index contributed by atoms with van der Waals surface area (Å²) in [5.41, 5.74) is 5.47. The first-order valence-corrected chi connectivity index (χ1v) is 6.08. The van der Waals surface area contributed by atoms with Crippen molar-refractivity contribution in [3.8, 4) is 0 Å². The molecule has 0 saturated heterocycles. The summed E-state index contributed by atoms with van der Waals surface area (Å²) < 4.78 is 10.7. The minimum absolute atomic E-state index is 0.0381. The maximum Gasteiger partial charge on any atom is 0.306 e. The molecule has 4 heteroatoms. The lowest BCUT2D eigenvalue weighted by Gasteiger charge is -2.28. The van der Waals surface area contributed by atoms with Crippen LogP contribution >= 0.6 is 0 Å². The van der Waals surface area contributed by atoms with Crippen molar-refractivity contribution in [1.29, 1.82) is 0 Å². The molecule has 0 aromatic rings. The minimum atomic E-state index is -0.125. The topological polar surface area (TPSA) is 61.5 Å². The van der Waals surface area contributed by atoms with Crippen LogP contribution in [0.2, 0.25) is 0 Å². The molecule has 0 aromatic heterocycles. The number of nitrogens with two attached hydrogens (primary N) is 1. The maximum absolute atomic E-state index is 11.6. The number of methoxy groups -OCH3 is 1. The summed E-state index contributed by atoms with van der Waals surface area (Å²) in [7, 11) is 1.71. The highest BCUT2D eigenvalue weighted by Crippen LogP contribution is 2.23. The normalized spacial score (nSPS) is 27.4. The Balaban J connectivity index is 2.27. The molecule has 0 aliphatic heterocycles. The van der Waals surface area contributed by atoms with Gasteiger partial charge in [-0.3, -0.25) is 4.79 Å². The van der Waals surface area contributed by atoms with Crippen LogP contribution < -0.4 is 5.73 Å². The van der Waals surface area contributed by atoms with Gasteiger partial charge in [-0.15, -0.1) is 0 Å². The summed E-state index contributed by atoms with van der Waals surface area (Å²) >= 11 is 0. The first-order valence-electron chi connectivity index (χ1n) is 6.08. The van der Waals surface area contributed by atoms with Crippen molar-refractivity contribution in [1.82, 2.24) is 0 Å². The molecule has 1 aliphatic rings. The number of hydrogen-bond acceptors (Lipinski definition) is 4. The quantitative estimate of drug-likeness (QED) is 0.725. The fourth-order valence-corrected chi connectivity index (χ4v) is 2.03. The molecule has 3 atom stereocenters. The van der Waals surface area contributed by atoms with Gasteiger partial charge in [0.05, 0.1) is 6.10 Å². The summed E-state index contributed by atoms with van der Waals surface area (Å²) in [5.74, 6) is 0.0778. The third-order valence-corrected chi connectivity index (χ3v) is 3.13. The minimum Gasteiger partial charge on any atom is -0.462 e. The summed E-state index contributed by atoms with van der Waals surface area (Å²) in [6.07, 6.45) is 4.65. The van der Waals surface area contributed by atoms with E-state index < -0.39 is 0 Å². The molecule has 0 radical (unpaired) electrons. The smallest absolute Gasteiger partial charge is 0.306 e. The van der Waals surface area contributed by atoms with Crippen LogP contribution in [0.1, 0.15) is 39.0 Å². The Morgan fingerprint density at radius 2 is 2.12 bits per heavy atom. The summed E-state index contributed by atoms with van der Waals surface area (Å²) in [6, 6.07) is 0. The standard InChI is InChI=1S/C12H23NO3/c1-9(8-13)6-12(14)16-11-5-3-4-10(7-11)15-2/h9-11H,3-8,13H2,1-2H3. The van der Waals surface area contributed by atoms with E-state index in [1.54, 1.807) is 7.11 Å². The van der Waals surface area contributed by atoms with Crippen molar-refractivity contribution in [3.05, 3.63) is 0 Å². The Kier molecular flexibility index (Phi) is 5.77. The van der Waals surface area contributed by atoms with Gasteiger partial charge >= 0.3 is 5.97 Å². The predicted molar refractivity (Wildman–Crippen MR) is 62.0 cm³/mol. The Hall–Kier alpha value is -0.610. The van der Waals surface area contributed by atoms with Crippen LogP contribution in [-0.2, 0) is 14.3 Å². The fourth-order valence-electron chi connectivity index (χ4n) is 2.03. The van der Waals surface area contributed by atoms with Crippen LogP contribution in [0, 0.1) is 5.92 Å². The van der Waals surface area contributed by atoms with E-state index in [0.29, 0.717) is 13.0 Å². The molecule has 0 spiro atoms. The zero-order chi connectivity index (χ0) is 12.0. The number of hydrogen-bond donors (Lipinski definition) is 1. The second-order valence-corrected chi connectivity index (χ2v) is 4.68. The van der Waals surface area contributed by atoms with Gasteiger partial charge in [-0.25, -0.2) is 0 Å². The van der Waals surface area contributed by atoms with Crippen molar-refractivity contribution >= 4 is 5.97 Å². The molecule has 4 nitrogen and oxygen atoms in total. The SMILES string of the molecule is COC1CCCC(OC(=O)CC(C)CN)C1. The average molecular weight is 229 g/mol. The lowest BCUT2D eigenvalue weighted by molar-refractivity contribution is -0.153. The van der Waals surface area contributed by atoms with E-state index in [1.165, 1.54) is 0 Å². The molecule has 0 bridgehead atoms. The van der Waals surface area contributed by atoms with Crippen LogP contribution in [0.25, 0.3) is 0 Å². The van der Waals surface area contributed by atoms with Crippen molar-refractivity contribution in [2.45, 2.75) is 51.2 Å². The first kappa shape index (κ1) is 13.5. The van der Waals surface area contributed by atoms with E-state index >= 15 is 0 Å². The monoisotopic (exact) mass is 229 g/mol. The van der Waals surface area contributed by atoms with Crippen molar-refractivity contribution < 1.29 is 14.3 Å². The summed E-state index contributed by atoms with van der Waals surface area (Å²) in [5, 5.41) is 0. The molecular weight excluding hydrogens is 206 g/mol. The lowest BCUT2D eigenvalue weighted by atomic mass is 9.95. The first-order chi connectivity index (χ1) is 7.65. The van der Waals surface area contributed by atoms with Crippen LogP contribution in [-0.4, -0.2) is 31.8 Å². The van der Waals surface area contributed by atoms with Crippen LogP contribution in [0.3, 0.4) is 0 Å². The highest BCUT2D eigenvalue weighted by atomic mass is 16.5. The van der Waals surface area contributed by atoms with Gasteiger partial charge in [-0.05, 0) is 31.7 Å². The van der Waals surface area contributed by atoms with Crippen molar-refractivity contribution in [2.75, 3.05) is 13.7 Å². The number of carbonyl (C=O) groups excluding carboxylic acids is 1. The third kappa shape index (κ3) is 4.49. The van der Waals surface area contributed by atoms with Crippen LogP contribution in [0.5, 0.6) is 0 Å². The van der Waals surface area contributed by atoms with Crippen LogP contribution in [0.15, 0.2) is 0 Å². The van der Waals surface area contributed by atoms with Gasteiger partial charge < -0.3 is 15.2 Å². The fraction of sp³-hybridized carbons (Fsp3) is 0.917. The molecule has 16 heavy (non-hydrogen) atoms. The molecule has 0 aromatic carbocycles. The number of ether oxygens (including phenoxy) is 2. The van der Waals surface area contributed by atoms with E-state index in [1.807, 2.05) is 6.92 Å². The lowest BCUT2D eigenvalue weighted by Crippen LogP contribution is -2.30. The molecule has 1 rings (SSSR count). The molecular formula is C12H23NO3. The molecule has 1 fully saturated rings. The Labute approximate surface area is 97.5 Å². The Morgan fingerprint density at radius 1 is 1.44 bits per heavy atom. The van der Waals surface area contributed by atoms with E-state index in [-0.39, 0.29) is 24.1 Å². The largest absolute Gasteiger partial charge is 0.462 e. The third-order valence-electron chi connectivity index (χ3n) is 3.13. The van der Waals surface area contributed by atoms with Crippen LogP contribution in [0.4, 0.5) is 0 Å². The second-order valence-electron chi connectivity index (χ2n) is 4.68. The predicted octanol–water partition coefficient (Wildman–Crippen LogP) is 1.47. The van der Waals surface area contributed by atoms with Gasteiger partial charge in [0.2, 0.25) is 0 Å².